The van der Waals surface area contributed by atoms with E-state index >= 15 is 0 Å². The first kappa shape index (κ1) is 25.9. The number of carbonyl (C=O) groups is 1. The van der Waals surface area contributed by atoms with Crippen LogP contribution in [0.15, 0.2) is 42.7 Å². The van der Waals surface area contributed by atoms with Crippen molar-refractivity contribution in [3.05, 3.63) is 70.9 Å². The van der Waals surface area contributed by atoms with Gasteiger partial charge in [0, 0.05) is 31.0 Å². The number of nitrogens with one attached hydrogen (secondary N) is 1. The Morgan fingerprint density at radius 2 is 1.89 bits per heavy atom. The lowest BCUT2D eigenvalue weighted by molar-refractivity contribution is -0.0496. The van der Waals surface area contributed by atoms with E-state index in [1.54, 1.807) is 28.8 Å². The summed E-state index contributed by atoms with van der Waals surface area (Å²) in [6.45, 7) is 3.38. The van der Waals surface area contributed by atoms with Crippen LogP contribution in [0.25, 0.3) is 17.0 Å². The van der Waals surface area contributed by atoms with Gasteiger partial charge in [-0.15, -0.1) is 0 Å². The Kier molecular flexibility index (Phi) is 6.47. The van der Waals surface area contributed by atoms with E-state index in [-0.39, 0.29) is 25.5 Å². The first-order valence-corrected chi connectivity index (χ1v) is 13.3. The van der Waals surface area contributed by atoms with Crippen molar-refractivity contribution in [1.82, 2.24) is 33.8 Å². The van der Waals surface area contributed by atoms with Gasteiger partial charge in [-0.1, -0.05) is 31.2 Å². The molecule has 0 saturated carbocycles. The highest BCUT2D eigenvalue weighted by atomic mass is 32.2. The molecule has 1 aliphatic rings. The van der Waals surface area contributed by atoms with Crippen molar-refractivity contribution in [3.63, 3.8) is 0 Å². The summed E-state index contributed by atoms with van der Waals surface area (Å²) in [5, 5.41) is 7.34. The van der Waals surface area contributed by atoms with Crippen LogP contribution in [0.5, 0.6) is 0 Å². The van der Waals surface area contributed by atoms with Crippen LogP contribution < -0.4 is 5.32 Å². The van der Waals surface area contributed by atoms with Gasteiger partial charge in [0.25, 0.3) is 5.91 Å². The zero-order valence-electron chi connectivity index (χ0n) is 20.5. The number of sulfonamides is 1. The summed E-state index contributed by atoms with van der Waals surface area (Å²) in [5.74, 6) is 0.190. The van der Waals surface area contributed by atoms with Crippen LogP contribution in [0.4, 0.5) is 13.2 Å². The molecule has 0 aliphatic carbocycles. The molecule has 0 saturated heterocycles. The van der Waals surface area contributed by atoms with Crippen LogP contribution in [0.1, 0.15) is 39.9 Å². The molecule has 0 radical (unpaired) electrons. The van der Waals surface area contributed by atoms with E-state index in [1.807, 2.05) is 32.2 Å². The second kappa shape index (κ2) is 9.51. The van der Waals surface area contributed by atoms with Gasteiger partial charge in [0.1, 0.15) is 5.69 Å². The van der Waals surface area contributed by atoms with Crippen molar-refractivity contribution in [2.75, 3.05) is 6.54 Å². The molecule has 4 aromatic rings. The van der Waals surface area contributed by atoms with E-state index in [1.165, 1.54) is 4.68 Å². The minimum absolute atomic E-state index is 0.0207. The normalized spacial score (nSPS) is 14.6. The van der Waals surface area contributed by atoms with E-state index < -0.39 is 22.1 Å². The molecule has 0 fully saturated rings. The number of hydrogen-bond acceptors (Lipinski definition) is 6. The number of nitrogens with zero attached hydrogens (tertiary/aromatic N) is 6. The molecule has 5 rings (SSSR count). The Morgan fingerprint density at radius 1 is 1.16 bits per heavy atom. The summed E-state index contributed by atoms with van der Waals surface area (Å²) in [7, 11) is -5.40. The van der Waals surface area contributed by atoms with Crippen LogP contribution in [-0.2, 0) is 36.1 Å². The Balaban J connectivity index is 1.28. The largest absolute Gasteiger partial charge is 0.511 e. The maximum atomic E-state index is 13.0. The van der Waals surface area contributed by atoms with Crippen molar-refractivity contribution < 1.29 is 26.4 Å². The van der Waals surface area contributed by atoms with Gasteiger partial charge in [0.05, 0.1) is 30.2 Å². The van der Waals surface area contributed by atoms with Crippen molar-refractivity contribution in [3.8, 4) is 11.3 Å². The smallest absolute Gasteiger partial charge is 0.347 e. The molecule has 0 spiro atoms. The lowest BCUT2D eigenvalue weighted by Crippen LogP contribution is -2.44. The average Bonchev–Trinajstić information content (AvgIpc) is 3.47. The van der Waals surface area contributed by atoms with Crippen molar-refractivity contribution in [1.29, 1.82) is 0 Å². The molecule has 1 aliphatic heterocycles. The Labute approximate surface area is 216 Å². The van der Waals surface area contributed by atoms with E-state index in [2.05, 4.69) is 20.4 Å². The molecule has 0 unspecified atom stereocenters. The van der Waals surface area contributed by atoms with Crippen LogP contribution in [0, 0.1) is 6.92 Å². The number of alkyl halides is 3. The average molecular weight is 548 g/mol. The molecule has 4 heterocycles. The number of hydrogen-bond donors (Lipinski definition) is 1. The van der Waals surface area contributed by atoms with Gasteiger partial charge in [-0.05, 0) is 30.5 Å². The topological polar surface area (TPSA) is 114 Å². The van der Waals surface area contributed by atoms with E-state index in [4.69, 9.17) is 0 Å². The predicted octanol–water partition coefficient (Wildman–Crippen LogP) is 3.06. The minimum Gasteiger partial charge on any atom is -0.347 e. The van der Waals surface area contributed by atoms with E-state index in [9.17, 15) is 26.4 Å². The quantitative estimate of drug-likeness (QED) is 0.397. The van der Waals surface area contributed by atoms with Gasteiger partial charge in [-0.2, -0.15) is 22.6 Å². The Hall–Kier alpha value is -3.78. The number of rotatable bonds is 6. The predicted molar refractivity (Wildman–Crippen MR) is 131 cm³/mol. The molecular weight excluding hydrogens is 523 g/mol. The van der Waals surface area contributed by atoms with Crippen LogP contribution in [-0.4, -0.2) is 54.8 Å². The van der Waals surface area contributed by atoms with Crippen molar-refractivity contribution >= 4 is 21.7 Å². The van der Waals surface area contributed by atoms with Crippen LogP contribution in [0.3, 0.4) is 0 Å². The summed E-state index contributed by atoms with van der Waals surface area (Å²) in [4.78, 5) is 21.7. The summed E-state index contributed by atoms with van der Waals surface area (Å²) in [6, 6.07) is 8.80. The fourth-order valence-corrected chi connectivity index (χ4v) is 5.27. The first-order valence-electron chi connectivity index (χ1n) is 11.8. The highest BCUT2D eigenvalue weighted by Gasteiger charge is 2.50. The third-order valence-corrected chi connectivity index (χ3v) is 7.91. The minimum atomic E-state index is -5.40. The number of halogens is 3. The number of aryl methyl sites for hydroxylation is 2. The third kappa shape index (κ3) is 4.65. The fraction of sp³-hybridized carbons (Fsp3) is 0.333. The lowest BCUT2D eigenvalue weighted by Gasteiger charge is -2.27. The lowest BCUT2D eigenvalue weighted by atomic mass is 10.1. The maximum Gasteiger partial charge on any atom is 0.511 e. The molecule has 14 heteroatoms. The van der Waals surface area contributed by atoms with Gasteiger partial charge in [0.2, 0.25) is 5.78 Å². The second-order valence-electron chi connectivity index (χ2n) is 8.97. The number of benzene rings is 1. The second-order valence-corrected chi connectivity index (χ2v) is 10.9. The summed E-state index contributed by atoms with van der Waals surface area (Å²) in [5.41, 5.74) is -0.913. The van der Waals surface area contributed by atoms with Crippen molar-refractivity contribution in [2.45, 2.75) is 45.4 Å². The molecule has 0 atom stereocenters. The summed E-state index contributed by atoms with van der Waals surface area (Å²) in [6.07, 6.45) is 4.09. The molecule has 3 aromatic heterocycles. The number of aromatic nitrogens is 5. The molecule has 1 N–H and O–H groups in total. The monoisotopic (exact) mass is 547 g/mol. The van der Waals surface area contributed by atoms with E-state index in [0.29, 0.717) is 44.8 Å². The molecule has 200 valence electrons. The highest BCUT2D eigenvalue weighted by Crippen LogP contribution is 2.30. The van der Waals surface area contributed by atoms with E-state index in [0.717, 1.165) is 11.1 Å². The van der Waals surface area contributed by atoms with Crippen molar-refractivity contribution in [2.24, 2.45) is 0 Å². The first-order chi connectivity index (χ1) is 18.0. The fourth-order valence-electron chi connectivity index (χ4n) is 4.36. The van der Waals surface area contributed by atoms with Gasteiger partial charge in [0.15, 0.2) is 0 Å². The van der Waals surface area contributed by atoms with Gasteiger partial charge < -0.3 is 5.32 Å². The molecule has 10 nitrogen and oxygen atoms in total. The SMILES string of the molecule is CCc1nc2ncc(C)cn2c1C(=O)NCc1ccc(-c2cc3n(n2)CCN(S(=O)(=O)C(F)(F)F)C3)cc1. The Morgan fingerprint density at radius 3 is 2.58 bits per heavy atom. The van der Waals surface area contributed by atoms with Crippen LogP contribution >= 0.6 is 0 Å². The zero-order valence-corrected chi connectivity index (χ0v) is 21.3. The van der Waals surface area contributed by atoms with Crippen LogP contribution in [0.2, 0.25) is 0 Å². The summed E-state index contributed by atoms with van der Waals surface area (Å²) < 4.78 is 66.0. The zero-order chi connectivity index (χ0) is 27.2. The molecule has 38 heavy (non-hydrogen) atoms. The molecule has 1 amide bonds. The molecule has 1 aromatic carbocycles. The number of carbonyl (C=O) groups excluding carboxylic acids is 1. The summed E-state index contributed by atoms with van der Waals surface area (Å²) >= 11 is 0. The number of fused-ring (bicyclic) bond motifs is 2. The number of amides is 1. The standard InChI is InChI=1S/C24H24F3N7O3S/c1-3-19-21(33-13-15(2)11-29-23(33)30-19)22(35)28-12-16-4-6-17(7-5-16)20-10-18-14-32(8-9-34(18)31-20)38(36,37)24(25,26)27/h4-7,10-11,13H,3,8-9,12,14H2,1-2H3,(H,28,35). The maximum absolute atomic E-state index is 13.0. The van der Waals surface area contributed by atoms with Gasteiger partial charge in [-0.25, -0.2) is 18.4 Å². The van der Waals surface area contributed by atoms with Gasteiger partial charge >= 0.3 is 15.5 Å². The third-order valence-electron chi connectivity index (χ3n) is 6.33. The Bertz CT molecular complexity index is 1630. The van der Waals surface area contributed by atoms with Gasteiger partial charge in [-0.3, -0.25) is 13.9 Å². The highest BCUT2D eigenvalue weighted by molar-refractivity contribution is 7.89. The number of imidazole rings is 1. The molecular formula is C24H24F3N7O3S. The molecule has 0 bridgehead atoms.